The van der Waals surface area contributed by atoms with Gasteiger partial charge in [0, 0.05) is 37.8 Å². The molecule has 0 aromatic heterocycles. The fraction of sp³-hybridized carbons (Fsp3) is 0.462. The maximum atomic E-state index is 12.4. The summed E-state index contributed by atoms with van der Waals surface area (Å²) in [5.74, 6) is -0.329. The number of rotatable bonds is 3. The van der Waals surface area contributed by atoms with Crippen LogP contribution in [0.25, 0.3) is 0 Å². The molecular formula is C13H17N3O4. The summed E-state index contributed by atoms with van der Waals surface area (Å²) in [6, 6.07) is 3.98. The predicted octanol–water partition coefficient (Wildman–Crippen LogP) is 0.308. The number of nitrogens with one attached hydrogen (secondary N) is 1. The van der Waals surface area contributed by atoms with Crippen LogP contribution in [-0.4, -0.2) is 53.1 Å². The molecule has 0 aliphatic carbocycles. The van der Waals surface area contributed by atoms with Crippen molar-refractivity contribution in [3.8, 4) is 0 Å². The monoisotopic (exact) mass is 279 g/mol. The molecule has 0 unspecified atom stereocenters. The zero-order valence-electron chi connectivity index (χ0n) is 11.4. The Morgan fingerprint density at radius 1 is 1.45 bits per heavy atom. The Bertz CT molecular complexity index is 546. The number of nitro groups is 1. The summed E-state index contributed by atoms with van der Waals surface area (Å²) in [5, 5.41) is 23.6. The zero-order chi connectivity index (χ0) is 14.9. The van der Waals surface area contributed by atoms with Crippen LogP contribution in [-0.2, 0) is 0 Å². The third-order valence-electron chi connectivity index (χ3n) is 3.49. The second-order valence-electron chi connectivity index (χ2n) is 5.02. The van der Waals surface area contributed by atoms with Gasteiger partial charge in [-0.2, -0.15) is 0 Å². The lowest BCUT2D eigenvalue weighted by atomic mass is 10.1. The molecule has 1 amide bonds. The van der Waals surface area contributed by atoms with E-state index in [1.165, 1.54) is 17.0 Å². The van der Waals surface area contributed by atoms with Gasteiger partial charge in [-0.3, -0.25) is 14.9 Å². The molecular weight excluding hydrogens is 262 g/mol. The molecule has 1 aromatic carbocycles. The van der Waals surface area contributed by atoms with Crippen molar-refractivity contribution in [2.75, 3.05) is 20.1 Å². The second-order valence-corrected chi connectivity index (χ2v) is 5.02. The number of nitrogens with zero attached hydrogens (tertiary/aromatic N) is 2. The maximum Gasteiger partial charge on any atom is 0.270 e. The topological polar surface area (TPSA) is 95.7 Å². The number of amides is 1. The van der Waals surface area contributed by atoms with E-state index in [9.17, 15) is 20.0 Å². The molecule has 108 valence electrons. The summed E-state index contributed by atoms with van der Waals surface area (Å²) >= 11 is 0. The minimum Gasteiger partial charge on any atom is -0.390 e. The van der Waals surface area contributed by atoms with E-state index < -0.39 is 11.0 Å². The van der Waals surface area contributed by atoms with Gasteiger partial charge in [-0.05, 0) is 18.6 Å². The molecule has 7 nitrogen and oxygen atoms in total. The summed E-state index contributed by atoms with van der Waals surface area (Å²) < 4.78 is 0. The Morgan fingerprint density at radius 2 is 2.15 bits per heavy atom. The molecule has 2 rings (SSSR count). The van der Waals surface area contributed by atoms with Crippen molar-refractivity contribution in [3.63, 3.8) is 0 Å². The van der Waals surface area contributed by atoms with Crippen LogP contribution in [0.1, 0.15) is 15.9 Å². The smallest absolute Gasteiger partial charge is 0.270 e. The van der Waals surface area contributed by atoms with Crippen molar-refractivity contribution in [1.29, 1.82) is 0 Å². The number of carbonyl (C=O) groups is 1. The Morgan fingerprint density at radius 3 is 2.70 bits per heavy atom. The van der Waals surface area contributed by atoms with Gasteiger partial charge >= 0.3 is 0 Å². The largest absolute Gasteiger partial charge is 0.390 e. The average molecular weight is 279 g/mol. The molecule has 0 bridgehead atoms. The second kappa shape index (κ2) is 5.56. The lowest BCUT2D eigenvalue weighted by molar-refractivity contribution is -0.384. The first-order valence-electron chi connectivity index (χ1n) is 6.32. The Kier molecular flexibility index (Phi) is 4.01. The molecule has 0 spiro atoms. The highest BCUT2D eigenvalue weighted by molar-refractivity contribution is 5.95. The fourth-order valence-corrected chi connectivity index (χ4v) is 2.39. The summed E-state index contributed by atoms with van der Waals surface area (Å²) in [7, 11) is 1.59. The number of hydrogen-bond acceptors (Lipinski definition) is 5. The first kappa shape index (κ1) is 14.4. The summed E-state index contributed by atoms with van der Waals surface area (Å²) in [6.07, 6.45) is -0.622. The van der Waals surface area contributed by atoms with Gasteiger partial charge in [-0.25, -0.2) is 0 Å². The molecule has 1 saturated heterocycles. The van der Waals surface area contributed by atoms with E-state index in [2.05, 4.69) is 5.32 Å². The van der Waals surface area contributed by atoms with Crippen LogP contribution < -0.4 is 5.32 Å². The SMILES string of the molecule is Cc1cc(C(=O)N(C)[C@@H]2CNC[C@H]2O)cc([N+](=O)[O-])c1. The highest BCUT2D eigenvalue weighted by atomic mass is 16.6. The number of aliphatic hydroxyl groups is 1. The Balaban J connectivity index is 2.26. The van der Waals surface area contributed by atoms with Crippen molar-refractivity contribution in [3.05, 3.63) is 39.4 Å². The van der Waals surface area contributed by atoms with Crippen LogP contribution in [0.4, 0.5) is 5.69 Å². The number of aliphatic hydroxyl groups excluding tert-OH is 1. The number of non-ortho nitro benzene ring substituents is 1. The standard InChI is InChI=1S/C13H17N3O4/c1-8-3-9(5-10(4-8)16(19)20)13(18)15(2)11-6-14-7-12(11)17/h3-5,11-12,14,17H,6-7H2,1-2H3/t11-,12-/m1/s1. The van der Waals surface area contributed by atoms with E-state index in [1.807, 2.05) is 0 Å². The van der Waals surface area contributed by atoms with Crippen LogP contribution in [0.3, 0.4) is 0 Å². The number of aryl methyl sites for hydroxylation is 1. The van der Waals surface area contributed by atoms with Gasteiger partial charge in [0.2, 0.25) is 0 Å². The van der Waals surface area contributed by atoms with E-state index in [4.69, 9.17) is 0 Å². The maximum absolute atomic E-state index is 12.4. The molecule has 2 atom stereocenters. The van der Waals surface area contributed by atoms with Crippen molar-refractivity contribution in [2.45, 2.75) is 19.1 Å². The van der Waals surface area contributed by atoms with E-state index >= 15 is 0 Å². The van der Waals surface area contributed by atoms with E-state index in [-0.39, 0.29) is 23.2 Å². The lowest BCUT2D eigenvalue weighted by Gasteiger charge is -2.26. The first-order chi connectivity index (χ1) is 9.40. The molecule has 1 fully saturated rings. The lowest BCUT2D eigenvalue weighted by Crippen LogP contribution is -2.44. The summed E-state index contributed by atoms with van der Waals surface area (Å²) in [6.45, 7) is 2.66. The number of nitro benzene ring substituents is 1. The highest BCUT2D eigenvalue weighted by Gasteiger charge is 2.32. The van der Waals surface area contributed by atoms with Crippen LogP contribution in [0, 0.1) is 17.0 Å². The number of likely N-dealkylation sites (N-methyl/N-ethyl adjacent to an activating group) is 1. The zero-order valence-corrected chi connectivity index (χ0v) is 11.4. The van der Waals surface area contributed by atoms with E-state index in [0.717, 1.165) is 0 Å². The number of benzene rings is 1. The number of carbonyl (C=O) groups excluding carboxylic acids is 1. The van der Waals surface area contributed by atoms with E-state index in [0.29, 0.717) is 18.7 Å². The number of β-amino-alcohol motifs (C(OH)–C–C–N with tert-alkyl or cyclic N) is 1. The Hall–Kier alpha value is -1.99. The first-order valence-corrected chi connectivity index (χ1v) is 6.32. The summed E-state index contributed by atoms with van der Waals surface area (Å²) in [4.78, 5) is 24.1. The quantitative estimate of drug-likeness (QED) is 0.613. The van der Waals surface area contributed by atoms with Crippen LogP contribution >= 0.6 is 0 Å². The van der Waals surface area contributed by atoms with Gasteiger partial charge in [0.05, 0.1) is 17.1 Å². The van der Waals surface area contributed by atoms with Crippen molar-refractivity contribution in [1.82, 2.24) is 10.2 Å². The minimum absolute atomic E-state index is 0.105. The molecule has 1 aliphatic rings. The fourth-order valence-electron chi connectivity index (χ4n) is 2.39. The molecule has 1 aromatic rings. The molecule has 1 heterocycles. The predicted molar refractivity (Wildman–Crippen MR) is 72.6 cm³/mol. The Labute approximate surface area is 116 Å². The highest BCUT2D eigenvalue weighted by Crippen LogP contribution is 2.19. The molecule has 7 heteroatoms. The summed E-state index contributed by atoms with van der Waals surface area (Å²) in [5.41, 5.74) is 0.811. The van der Waals surface area contributed by atoms with Gasteiger partial charge in [0.15, 0.2) is 0 Å². The molecule has 0 saturated carbocycles. The number of hydrogen-bond donors (Lipinski definition) is 2. The van der Waals surface area contributed by atoms with Crippen molar-refractivity contribution in [2.24, 2.45) is 0 Å². The normalized spacial score (nSPS) is 21.8. The van der Waals surface area contributed by atoms with E-state index in [1.54, 1.807) is 20.0 Å². The van der Waals surface area contributed by atoms with Gasteiger partial charge in [-0.1, -0.05) is 0 Å². The molecule has 2 N–H and O–H groups in total. The van der Waals surface area contributed by atoms with Crippen LogP contribution in [0.15, 0.2) is 18.2 Å². The third-order valence-corrected chi connectivity index (χ3v) is 3.49. The average Bonchev–Trinajstić information content (AvgIpc) is 2.82. The minimum atomic E-state index is -0.622. The van der Waals surface area contributed by atoms with Gasteiger partial charge < -0.3 is 15.3 Å². The molecule has 1 aliphatic heterocycles. The van der Waals surface area contributed by atoms with Crippen LogP contribution in [0.5, 0.6) is 0 Å². The van der Waals surface area contributed by atoms with Crippen molar-refractivity contribution < 1.29 is 14.8 Å². The third kappa shape index (κ3) is 2.78. The van der Waals surface area contributed by atoms with Gasteiger partial charge in [0.1, 0.15) is 0 Å². The molecule has 0 radical (unpaired) electrons. The van der Waals surface area contributed by atoms with Gasteiger partial charge in [0.25, 0.3) is 11.6 Å². The van der Waals surface area contributed by atoms with Crippen LogP contribution in [0.2, 0.25) is 0 Å². The van der Waals surface area contributed by atoms with Gasteiger partial charge in [-0.15, -0.1) is 0 Å². The molecule has 20 heavy (non-hydrogen) atoms. The van der Waals surface area contributed by atoms with Crippen molar-refractivity contribution >= 4 is 11.6 Å².